The van der Waals surface area contributed by atoms with Crippen LogP contribution in [0.5, 0.6) is 5.75 Å². The second-order valence-corrected chi connectivity index (χ2v) is 4.73. The second-order valence-electron chi connectivity index (χ2n) is 4.73. The zero-order valence-corrected chi connectivity index (χ0v) is 12.3. The zero-order chi connectivity index (χ0) is 16.8. The average molecular weight is 311 g/mol. The normalized spacial score (nSPS) is 9.74. The van der Waals surface area contributed by atoms with E-state index in [2.05, 4.69) is 5.32 Å². The number of hydrogen-bond acceptors (Lipinski definition) is 5. The second kappa shape index (κ2) is 7.04. The van der Waals surface area contributed by atoms with Crippen LogP contribution in [0.15, 0.2) is 42.5 Å². The number of carbonyl (C=O) groups excluding carboxylic acids is 1. The van der Waals surface area contributed by atoms with E-state index in [0.717, 1.165) is 0 Å². The highest BCUT2D eigenvalue weighted by atomic mass is 16.6. The van der Waals surface area contributed by atoms with Gasteiger partial charge in [0.1, 0.15) is 5.75 Å². The van der Waals surface area contributed by atoms with E-state index >= 15 is 0 Å². The van der Waals surface area contributed by atoms with Gasteiger partial charge in [0.25, 0.3) is 11.6 Å². The van der Waals surface area contributed by atoms with Crippen molar-refractivity contribution in [3.63, 3.8) is 0 Å². The Morgan fingerprint density at radius 2 is 2.13 bits per heavy atom. The summed E-state index contributed by atoms with van der Waals surface area (Å²) in [7, 11) is 0. The lowest BCUT2D eigenvalue weighted by Gasteiger charge is -2.09. The first-order chi connectivity index (χ1) is 11.0. The van der Waals surface area contributed by atoms with E-state index in [1.807, 2.05) is 6.07 Å². The maximum Gasteiger partial charge on any atom is 0.271 e. The molecule has 0 aromatic heterocycles. The predicted molar refractivity (Wildman–Crippen MR) is 83.1 cm³/mol. The average Bonchev–Trinajstić information content (AvgIpc) is 2.55. The highest BCUT2D eigenvalue weighted by Gasteiger charge is 2.11. The first-order valence-electron chi connectivity index (χ1n) is 6.67. The topological polar surface area (TPSA) is 105 Å². The summed E-state index contributed by atoms with van der Waals surface area (Å²) in [4.78, 5) is 22.1. The molecule has 0 unspecified atom stereocenters. The molecule has 2 aromatic carbocycles. The summed E-state index contributed by atoms with van der Waals surface area (Å²) in [5.74, 6) is -0.0501. The number of amides is 1. The lowest BCUT2D eigenvalue weighted by Crippen LogP contribution is -2.20. The standard InChI is InChI=1S/C16H13N3O4/c1-11-5-6-13(19(21)22)8-15(11)18-16(20)10-23-14-4-2-3-12(7-14)9-17/h2-8H,10H2,1H3,(H,18,20). The molecule has 2 rings (SSSR count). The van der Waals surface area contributed by atoms with E-state index in [4.69, 9.17) is 10.00 Å². The van der Waals surface area contributed by atoms with Crippen LogP contribution in [0.25, 0.3) is 0 Å². The molecule has 0 saturated carbocycles. The maximum atomic E-state index is 11.9. The van der Waals surface area contributed by atoms with Crippen LogP contribution >= 0.6 is 0 Å². The lowest BCUT2D eigenvalue weighted by atomic mass is 10.2. The SMILES string of the molecule is Cc1ccc([N+](=O)[O-])cc1NC(=O)COc1cccc(C#N)c1. The molecule has 0 fully saturated rings. The van der Waals surface area contributed by atoms with Crippen LogP contribution in [0.3, 0.4) is 0 Å². The minimum atomic E-state index is -0.529. The van der Waals surface area contributed by atoms with Crippen molar-refractivity contribution >= 4 is 17.3 Å². The van der Waals surface area contributed by atoms with Crippen molar-refractivity contribution in [2.45, 2.75) is 6.92 Å². The molecule has 1 amide bonds. The molecule has 0 heterocycles. The Balaban J connectivity index is 2.01. The number of nitro benzene ring substituents is 1. The van der Waals surface area contributed by atoms with Crippen LogP contribution in [0.1, 0.15) is 11.1 Å². The Bertz CT molecular complexity index is 796. The lowest BCUT2D eigenvalue weighted by molar-refractivity contribution is -0.384. The van der Waals surface area contributed by atoms with Crippen molar-refractivity contribution in [2.75, 3.05) is 11.9 Å². The molecule has 0 spiro atoms. The van der Waals surface area contributed by atoms with E-state index in [0.29, 0.717) is 22.6 Å². The van der Waals surface area contributed by atoms with Gasteiger partial charge in [-0.2, -0.15) is 5.26 Å². The van der Waals surface area contributed by atoms with Gasteiger partial charge in [-0.05, 0) is 30.7 Å². The van der Waals surface area contributed by atoms with E-state index in [9.17, 15) is 14.9 Å². The molecule has 7 heteroatoms. The van der Waals surface area contributed by atoms with Gasteiger partial charge in [0, 0.05) is 12.1 Å². The third kappa shape index (κ3) is 4.28. The monoisotopic (exact) mass is 311 g/mol. The van der Waals surface area contributed by atoms with Crippen molar-refractivity contribution in [3.8, 4) is 11.8 Å². The quantitative estimate of drug-likeness (QED) is 0.675. The Labute approximate surface area is 132 Å². The van der Waals surface area contributed by atoms with Crippen molar-refractivity contribution in [1.82, 2.24) is 0 Å². The number of nitrogens with one attached hydrogen (secondary N) is 1. The number of carbonyl (C=O) groups is 1. The number of nitrogens with zero attached hydrogens (tertiary/aromatic N) is 2. The molecule has 7 nitrogen and oxygen atoms in total. The van der Waals surface area contributed by atoms with Gasteiger partial charge in [0.15, 0.2) is 6.61 Å². The highest BCUT2D eigenvalue weighted by molar-refractivity contribution is 5.93. The zero-order valence-electron chi connectivity index (χ0n) is 12.3. The fourth-order valence-corrected chi connectivity index (χ4v) is 1.85. The van der Waals surface area contributed by atoms with Gasteiger partial charge in [0.2, 0.25) is 0 Å². The number of ether oxygens (including phenoxy) is 1. The first kappa shape index (κ1) is 16.0. The number of benzene rings is 2. The minimum absolute atomic E-state index is 0.103. The molecule has 0 atom stereocenters. The molecule has 0 radical (unpaired) electrons. The Kier molecular flexibility index (Phi) is 4.89. The number of aryl methyl sites for hydroxylation is 1. The number of nitriles is 1. The van der Waals surface area contributed by atoms with Crippen molar-refractivity contribution < 1.29 is 14.5 Å². The van der Waals surface area contributed by atoms with Gasteiger partial charge in [-0.25, -0.2) is 0 Å². The number of non-ortho nitro benzene ring substituents is 1. The molecular formula is C16H13N3O4. The van der Waals surface area contributed by atoms with Gasteiger partial charge in [-0.3, -0.25) is 14.9 Å². The third-order valence-electron chi connectivity index (χ3n) is 3.04. The molecular weight excluding hydrogens is 298 g/mol. The largest absolute Gasteiger partial charge is 0.484 e. The van der Waals surface area contributed by atoms with Gasteiger partial charge in [-0.1, -0.05) is 12.1 Å². The summed E-state index contributed by atoms with van der Waals surface area (Å²) in [5, 5.41) is 22.1. The Morgan fingerprint density at radius 3 is 2.83 bits per heavy atom. The molecule has 116 valence electrons. The van der Waals surface area contributed by atoms with Crippen LogP contribution in [-0.2, 0) is 4.79 Å². The summed E-state index contributed by atoms with van der Waals surface area (Å²) in [5.41, 5.74) is 1.39. The third-order valence-corrected chi connectivity index (χ3v) is 3.04. The van der Waals surface area contributed by atoms with Gasteiger partial charge in [0.05, 0.1) is 22.2 Å². The number of hydrogen-bond donors (Lipinski definition) is 1. The van der Waals surface area contributed by atoms with E-state index in [1.165, 1.54) is 18.2 Å². The molecule has 1 N–H and O–H groups in total. The van der Waals surface area contributed by atoms with Crippen molar-refractivity contribution in [2.24, 2.45) is 0 Å². The summed E-state index contributed by atoms with van der Waals surface area (Å²) in [6.45, 7) is 1.47. The maximum absolute atomic E-state index is 11.9. The highest BCUT2D eigenvalue weighted by Crippen LogP contribution is 2.21. The summed E-state index contributed by atoms with van der Waals surface area (Å²) < 4.78 is 5.30. The number of anilines is 1. The van der Waals surface area contributed by atoms with Crippen molar-refractivity contribution in [3.05, 3.63) is 63.7 Å². The molecule has 0 saturated heterocycles. The fraction of sp³-hybridized carbons (Fsp3) is 0.125. The predicted octanol–water partition coefficient (Wildman–Crippen LogP) is 2.79. The van der Waals surface area contributed by atoms with Gasteiger partial charge in [-0.15, -0.1) is 0 Å². The molecule has 2 aromatic rings. The van der Waals surface area contributed by atoms with Crippen LogP contribution in [0, 0.1) is 28.4 Å². The number of rotatable bonds is 5. The molecule has 0 bridgehead atoms. The first-order valence-corrected chi connectivity index (χ1v) is 6.67. The van der Waals surface area contributed by atoms with Gasteiger partial charge >= 0.3 is 0 Å². The van der Waals surface area contributed by atoms with Crippen molar-refractivity contribution in [1.29, 1.82) is 5.26 Å². The summed E-state index contributed by atoms with van der Waals surface area (Å²) in [6.07, 6.45) is 0. The molecule has 0 aliphatic heterocycles. The Morgan fingerprint density at radius 1 is 1.35 bits per heavy atom. The van der Waals surface area contributed by atoms with Crippen LogP contribution in [0.2, 0.25) is 0 Å². The number of nitro groups is 1. The molecule has 23 heavy (non-hydrogen) atoms. The van der Waals surface area contributed by atoms with Crippen LogP contribution in [-0.4, -0.2) is 17.4 Å². The van der Waals surface area contributed by atoms with Crippen LogP contribution in [0.4, 0.5) is 11.4 Å². The smallest absolute Gasteiger partial charge is 0.271 e. The van der Waals surface area contributed by atoms with Crippen LogP contribution < -0.4 is 10.1 Å². The Hall–Kier alpha value is -3.40. The van der Waals surface area contributed by atoms with E-state index in [-0.39, 0.29) is 12.3 Å². The molecule has 0 aliphatic carbocycles. The van der Waals surface area contributed by atoms with E-state index in [1.54, 1.807) is 31.2 Å². The fourth-order valence-electron chi connectivity index (χ4n) is 1.85. The summed E-state index contributed by atoms with van der Waals surface area (Å²) in [6, 6.07) is 12.6. The van der Waals surface area contributed by atoms with Gasteiger partial charge < -0.3 is 10.1 Å². The minimum Gasteiger partial charge on any atom is -0.484 e. The summed E-state index contributed by atoms with van der Waals surface area (Å²) >= 11 is 0. The van der Waals surface area contributed by atoms with E-state index < -0.39 is 10.8 Å². The molecule has 0 aliphatic rings.